The second kappa shape index (κ2) is 5.11. The van der Waals surface area contributed by atoms with Gasteiger partial charge in [-0.1, -0.05) is 20.3 Å². The van der Waals surface area contributed by atoms with Crippen molar-refractivity contribution in [2.75, 3.05) is 0 Å². The van der Waals surface area contributed by atoms with E-state index in [0.717, 1.165) is 6.42 Å². The highest BCUT2D eigenvalue weighted by Crippen LogP contribution is 2.21. The van der Waals surface area contributed by atoms with Crippen molar-refractivity contribution in [1.29, 1.82) is 0 Å². The summed E-state index contributed by atoms with van der Waals surface area (Å²) in [6.07, 6.45) is 0.838. The molecule has 0 aromatic heterocycles. The maximum Gasteiger partial charge on any atom is 0.323 e. The molecule has 0 spiro atoms. The standard InChI is InChI=1S/C6H11Br2NO2/c1-3-4(2)5(6(10)11)9(7)8/h4-5H,3H2,1-2H3,(H,10,11). The van der Waals surface area contributed by atoms with E-state index in [1.165, 1.54) is 2.95 Å². The van der Waals surface area contributed by atoms with Crippen LogP contribution >= 0.6 is 32.3 Å². The van der Waals surface area contributed by atoms with Crippen LogP contribution in [0.15, 0.2) is 0 Å². The van der Waals surface area contributed by atoms with Crippen molar-refractivity contribution in [2.45, 2.75) is 26.3 Å². The Balaban J connectivity index is 4.21. The normalized spacial score (nSPS) is 16.5. The van der Waals surface area contributed by atoms with Crippen molar-refractivity contribution in [3.05, 3.63) is 0 Å². The van der Waals surface area contributed by atoms with Crippen LogP contribution in [0.1, 0.15) is 20.3 Å². The zero-order valence-electron chi connectivity index (χ0n) is 6.42. The Kier molecular flexibility index (Phi) is 5.29. The van der Waals surface area contributed by atoms with Crippen LogP contribution in [0, 0.1) is 5.92 Å². The summed E-state index contributed by atoms with van der Waals surface area (Å²) in [5, 5.41) is 8.74. The Hall–Kier alpha value is 0.390. The third-order valence-electron chi connectivity index (χ3n) is 1.65. The van der Waals surface area contributed by atoms with Gasteiger partial charge in [0, 0.05) is 32.3 Å². The zero-order chi connectivity index (χ0) is 9.02. The molecule has 0 aliphatic heterocycles. The van der Waals surface area contributed by atoms with Crippen LogP contribution in [0.3, 0.4) is 0 Å². The molecule has 0 radical (unpaired) electrons. The summed E-state index contributed by atoms with van der Waals surface area (Å²) in [6, 6.07) is -0.514. The van der Waals surface area contributed by atoms with E-state index in [1.807, 2.05) is 13.8 Å². The number of carbonyl (C=O) groups is 1. The fourth-order valence-electron chi connectivity index (χ4n) is 0.743. The second-order valence-electron chi connectivity index (χ2n) is 2.43. The van der Waals surface area contributed by atoms with Gasteiger partial charge in [-0.05, 0) is 5.92 Å². The SMILES string of the molecule is CCC(C)C(C(=O)O)N(Br)Br. The number of hydrogen-bond acceptors (Lipinski definition) is 2. The van der Waals surface area contributed by atoms with Gasteiger partial charge in [0.2, 0.25) is 0 Å². The fraction of sp³-hybridized carbons (Fsp3) is 0.833. The third kappa shape index (κ3) is 3.53. The minimum absolute atomic E-state index is 0.117. The molecule has 0 rings (SSSR count). The molecule has 0 heterocycles. The maximum atomic E-state index is 10.6. The smallest absolute Gasteiger partial charge is 0.323 e. The van der Waals surface area contributed by atoms with Crippen LogP contribution in [0.2, 0.25) is 0 Å². The Bertz CT molecular complexity index is 141. The van der Waals surface area contributed by atoms with Gasteiger partial charge in [-0.3, -0.25) is 4.79 Å². The number of carboxylic acid groups (broad SMARTS) is 1. The van der Waals surface area contributed by atoms with E-state index in [1.54, 1.807) is 0 Å². The molecule has 0 aromatic rings. The molecule has 66 valence electrons. The van der Waals surface area contributed by atoms with Crippen LogP contribution in [0.4, 0.5) is 0 Å². The predicted molar refractivity (Wildman–Crippen MR) is 50.6 cm³/mol. The summed E-state index contributed by atoms with van der Waals surface area (Å²) >= 11 is 6.10. The Morgan fingerprint density at radius 3 is 2.18 bits per heavy atom. The van der Waals surface area contributed by atoms with Crippen LogP contribution in [-0.2, 0) is 4.79 Å². The van der Waals surface area contributed by atoms with E-state index in [4.69, 9.17) is 5.11 Å². The number of carboxylic acids is 1. The molecule has 2 unspecified atom stereocenters. The molecule has 1 N–H and O–H groups in total. The first-order valence-corrected chi connectivity index (χ1v) is 4.76. The van der Waals surface area contributed by atoms with E-state index < -0.39 is 12.0 Å². The Morgan fingerprint density at radius 1 is 1.64 bits per heavy atom. The molecule has 0 aliphatic rings. The quantitative estimate of drug-likeness (QED) is 0.808. The molecule has 0 saturated heterocycles. The minimum Gasteiger partial charge on any atom is -0.480 e. The van der Waals surface area contributed by atoms with Crippen molar-refractivity contribution in [3.8, 4) is 0 Å². The predicted octanol–water partition coefficient (Wildman–Crippen LogP) is 2.41. The van der Waals surface area contributed by atoms with E-state index in [0.29, 0.717) is 0 Å². The van der Waals surface area contributed by atoms with E-state index >= 15 is 0 Å². The van der Waals surface area contributed by atoms with Crippen LogP contribution < -0.4 is 0 Å². The summed E-state index contributed by atoms with van der Waals surface area (Å²) in [6.45, 7) is 3.86. The van der Waals surface area contributed by atoms with Crippen molar-refractivity contribution < 1.29 is 9.90 Å². The molecule has 0 saturated carbocycles. The van der Waals surface area contributed by atoms with E-state index in [-0.39, 0.29) is 5.92 Å². The summed E-state index contributed by atoms with van der Waals surface area (Å²) in [5.41, 5.74) is 0. The van der Waals surface area contributed by atoms with Crippen molar-refractivity contribution in [1.82, 2.24) is 2.95 Å². The largest absolute Gasteiger partial charge is 0.480 e. The highest BCUT2D eigenvalue weighted by Gasteiger charge is 2.27. The summed E-state index contributed by atoms with van der Waals surface area (Å²) < 4.78 is 1.37. The van der Waals surface area contributed by atoms with Crippen molar-refractivity contribution in [2.24, 2.45) is 5.92 Å². The van der Waals surface area contributed by atoms with Gasteiger partial charge < -0.3 is 5.11 Å². The van der Waals surface area contributed by atoms with Gasteiger partial charge in [0.05, 0.1) is 0 Å². The molecule has 0 aromatic carbocycles. The molecule has 0 amide bonds. The first kappa shape index (κ1) is 11.4. The summed E-state index contributed by atoms with van der Waals surface area (Å²) in [4.78, 5) is 10.6. The minimum atomic E-state index is -0.826. The average molecular weight is 289 g/mol. The first-order chi connectivity index (χ1) is 5.00. The molecular formula is C6H11Br2NO2. The second-order valence-corrected chi connectivity index (χ2v) is 4.91. The Labute approximate surface area is 83.4 Å². The highest BCUT2D eigenvalue weighted by atomic mass is 79.9. The van der Waals surface area contributed by atoms with Gasteiger partial charge in [0.1, 0.15) is 6.04 Å². The lowest BCUT2D eigenvalue weighted by Crippen LogP contribution is -2.34. The van der Waals surface area contributed by atoms with E-state index in [9.17, 15) is 4.79 Å². The number of halogens is 2. The number of nitrogens with zero attached hydrogens (tertiary/aromatic N) is 1. The summed E-state index contributed by atoms with van der Waals surface area (Å²) in [5.74, 6) is -0.709. The Morgan fingerprint density at radius 2 is 2.09 bits per heavy atom. The van der Waals surface area contributed by atoms with E-state index in [2.05, 4.69) is 32.3 Å². The van der Waals surface area contributed by atoms with Crippen LogP contribution in [0.5, 0.6) is 0 Å². The zero-order valence-corrected chi connectivity index (χ0v) is 9.59. The first-order valence-electron chi connectivity index (χ1n) is 3.34. The number of hydrogen-bond donors (Lipinski definition) is 1. The maximum absolute atomic E-state index is 10.6. The van der Waals surface area contributed by atoms with Gasteiger partial charge in [0.15, 0.2) is 0 Å². The average Bonchev–Trinajstić information content (AvgIpc) is 1.85. The highest BCUT2D eigenvalue weighted by molar-refractivity contribution is 9.21. The molecule has 11 heavy (non-hydrogen) atoms. The molecule has 2 atom stereocenters. The lowest BCUT2D eigenvalue weighted by Gasteiger charge is -2.21. The van der Waals surface area contributed by atoms with Crippen LogP contribution in [-0.4, -0.2) is 20.1 Å². The topological polar surface area (TPSA) is 40.5 Å². The van der Waals surface area contributed by atoms with Gasteiger partial charge in [-0.25, -0.2) is 0 Å². The monoisotopic (exact) mass is 287 g/mol. The van der Waals surface area contributed by atoms with Crippen molar-refractivity contribution in [3.63, 3.8) is 0 Å². The molecule has 3 nitrogen and oxygen atoms in total. The molecular weight excluding hydrogens is 278 g/mol. The van der Waals surface area contributed by atoms with Crippen LogP contribution in [0.25, 0.3) is 0 Å². The molecule has 0 fully saturated rings. The lowest BCUT2D eigenvalue weighted by atomic mass is 10.0. The fourth-order valence-corrected chi connectivity index (χ4v) is 1.90. The van der Waals surface area contributed by atoms with Crippen molar-refractivity contribution >= 4 is 38.3 Å². The van der Waals surface area contributed by atoms with Gasteiger partial charge in [-0.15, -0.1) is 0 Å². The van der Waals surface area contributed by atoms with Gasteiger partial charge >= 0.3 is 5.97 Å². The lowest BCUT2D eigenvalue weighted by molar-refractivity contribution is -0.141. The molecule has 0 bridgehead atoms. The van der Waals surface area contributed by atoms with Gasteiger partial charge in [-0.2, -0.15) is 2.95 Å². The number of aliphatic carboxylic acids is 1. The number of rotatable bonds is 4. The summed E-state index contributed by atoms with van der Waals surface area (Å²) in [7, 11) is 0. The molecule has 5 heteroatoms. The van der Waals surface area contributed by atoms with Gasteiger partial charge in [0.25, 0.3) is 0 Å². The third-order valence-corrected chi connectivity index (χ3v) is 2.53. The molecule has 0 aliphatic carbocycles.